The molecule has 0 amide bonds. The molecule has 0 aliphatic carbocycles. The standard InChI is InChI=1S/C9H14N4O.C2H6/c1-3-13(5-9-12-14-9)8-4-7(2)10-6-11-8;1-2/h4,6,9,12H,3,5H2,1-2H3;1-2H3. The van der Waals surface area contributed by atoms with E-state index in [2.05, 4.69) is 27.3 Å². The summed E-state index contributed by atoms with van der Waals surface area (Å²) in [5.41, 5.74) is 3.78. The molecule has 1 aromatic rings. The maximum absolute atomic E-state index is 4.96. The summed E-state index contributed by atoms with van der Waals surface area (Å²) in [5, 5.41) is 0. The van der Waals surface area contributed by atoms with Crippen molar-refractivity contribution >= 4 is 5.82 Å². The third-order valence-electron chi connectivity index (χ3n) is 2.17. The number of anilines is 1. The minimum absolute atomic E-state index is 0.158. The second-order valence-electron chi connectivity index (χ2n) is 3.28. The van der Waals surface area contributed by atoms with E-state index in [9.17, 15) is 0 Å². The predicted octanol–water partition coefficient (Wildman–Crippen LogP) is 1.50. The predicted molar refractivity (Wildman–Crippen MR) is 64.0 cm³/mol. The van der Waals surface area contributed by atoms with Gasteiger partial charge in [-0.15, -0.1) is 0 Å². The molecule has 1 unspecified atom stereocenters. The van der Waals surface area contributed by atoms with Crippen LogP contribution in [0.2, 0.25) is 0 Å². The number of hydroxylamine groups is 1. The molecule has 0 bridgehead atoms. The highest BCUT2D eigenvalue weighted by Gasteiger charge is 2.25. The monoisotopic (exact) mass is 224 g/mol. The molecule has 0 spiro atoms. The Morgan fingerprint density at radius 2 is 2.12 bits per heavy atom. The highest BCUT2D eigenvalue weighted by atomic mass is 16.8. The van der Waals surface area contributed by atoms with Crippen LogP contribution in [0.1, 0.15) is 26.5 Å². The van der Waals surface area contributed by atoms with Crippen molar-refractivity contribution < 1.29 is 4.84 Å². The Morgan fingerprint density at radius 3 is 2.62 bits per heavy atom. The van der Waals surface area contributed by atoms with E-state index in [1.807, 2.05) is 26.8 Å². The van der Waals surface area contributed by atoms with E-state index in [-0.39, 0.29) is 6.23 Å². The molecule has 1 aromatic heterocycles. The van der Waals surface area contributed by atoms with Crippen molar-refractivity contribution in [3.63, 3.8) is 0 Å². The molecule has 90 valence electrons. The van der Waals surface area contributed by atoms with Crippen LogP contribution in [0.15, 0.2) is 12.4 Å². The Hall–Kier alpha value is -1.20. The number of nitrogens with one attached hydrogen (secondary N) is 1. The molecule has 2 heterocycles. The third kappa shape index (κ3) is 3.75. The van der Waals surface area contributed by atoms with E-state index in [0.29, 0.717) is 0 Å². The van der Waals surface area contributed by atoms with Crippen LogP contribution in [-0.2, 0) is 4.84 Å². The lowest BCUT2D eigenvalue weighted by molar-refractivity contribution is 0.370. The van der Waals surface area contributed by atoms with Crippen LogP contribution in [0.25, 0.3) is 0 Å². The van der Waals surface area contributed by atoms with Crippen LogP contribution in [-0.4, -0.2) is 29.3 Å². The van der Waals surface area contributed by atoms with Gasteiger partial charge in [-0.05, 0) is 13.8 Å². The van der Waals surface area contributed by atoms with Crippen LogP contribution in [0.4, 0.5) is 5.82 Å². The summed E-state index contributed by atoms with van der Waals surface area (Å²) in [5.74, 6) is 0.956. The average Bonchev–Trinajstić information content (AvgIpc) is 3.12. The highest BCUT2D eigenvalue weighted by molar-refractivity contribution is 5.38. The first kappa shape index (κ1) is 12.9. The fourth-order valence-corrected chi connectivity index (χ4v) is 1.32. The van der Waals surface area contributed by atoms with Crippen molar-refractivity contribution in [3.8, 4) is 0 Å². The summed E-state index contributed by atoms with van der Waals surface area (Å²) in [6.07, 6.45) is 1.75. The van der Waals surface area contributed by atoms with Gasteiger partial charge in [-0.25, -0.2) is 9.97 Å². The van der Waals surface area contributed by atoms with Gasteiger partial charge in [0.05, 0.1) is 6.54 Å². The minimum Gasteiger partial charge on any atom is -0.353 e. The first-order valence-corrected chi connectivity index (χ1v) is 5.74. The Balaban J connectivity index is 0.000000606. The molecule has 1 aliphatic rings. The molecule has 0 saturated carbocycles. The largest absolute Gasteiger partial charge is 0.353 e. The van der Waals surface area contributed by atoms with Gasteiger partial charge in [-0.3, -0.25) is 4.84 Å². The van der Waals surface area contributed by atoms with Crippen LogP contribution in [0, 0.1) is 6.92 Å². The van der Waals surface area contributed by atoms with Gasteiger partial charge in [-0.1, -0.05) is 13.8 Å². The first-order valence-electron chi connectivity index (χ1n) is 5.74. The number of aryl methyl sites for hydroxylation is 1. The lowest BCUT2D eigenvalue weighted by Gasteiger charge is -2.20. The van der Waals surface area contributed by atoms with Crippen LogP contribution in [0.3, 0.4) is 0 Å². The molecule has 1 saturated heterocycles. The zero-order valence-corrected chi connectivity index (χ0v) is 10.4. The molecule has 1 atom stereocenters. The van der Waals surface area contributed by atoms with E-state index in [0.717, 1.165) is 24.6 Å². The molecule has 1 fully saturated rings. The smallest absolute Gasteiger partial charge is 0.168 e. The molecule has 5 nitrogen and oxygen atoms in total. The maximum atomic E-state index is 4.96. The second-order valence-corrected chi connectivity index (χ2v) is 3.28. The molecule has 0 aromatic carbocycles. The zero-order valence-electron chi connectivity index (χ0n) is 10.4. The molecule has 16 heavy (non-hydrogen) atoms. The molecular formula is C11H20N4O. The number of likely N-dealkylation sites (N-methyl/N-ethyl adjacent to an activating group) is 1. The van der Waals surface area contributed by atoms with Gasteiger partial charge in [0.15, 0.2) is 6.23 Å². The Labute approximate surface area is 96.8 Å². The van der Waals surface area contributed by atoms with E-state index in [4.69, 9.17) is 4.84 Å². The van der Waals surface area contributed by atoms with Gasteiger partial charge in [0.2, 0.25) is 0 Å². The number of nitrogens with zero attached hydrogens (tertiary/aromatic N) is 3. The van der Waals surface area contributed by atoms with Gasteiger partial charge in [0, 0.05) is 18.3 Å². The molecule has 1 aliphatic heterocycles. The Kier molecular flexibility index (Phi) is 5.14. The number of aromatic nitrogens is 2. The Bertz CT molecular complexity index is 315. The van der Waals surface area contributed by atoms with Crippen molar-refractivity contribution in [3.05, 3.63) is 18.1 Å². The van der Waals surface area contributed by atoms with E-state index >= 15 is 0 Å². The second kappa shape index (κ2) is 6.40. The number of hydrogen-bond acceptors (Lipinski definition) is 5. The summed E-state index contributed by atoms with van der Waals surface area (Å²) in [6.45, 7) is 9.80. The zero-order chi connectivity index (χ0) is 12.0. The fraction of sp³-hybridized carbons (Fsp3) is 0.636. The number of rotatable bonds is 4. The summed E-state index contributed by atoms with van der Waals surface area (Å²) >= 11 is 0. The first-order chi connectivity index (χ1) is 7.79. The van der Waals surface area contributed by atoms with Crippen molar-refractivity contribution in [1.82, 2.24) is 15.4 Å². The minimum atomic E-state index is 0.158. The van der Waals surface area contributed by atoms with E-state index in [1.165, 1.54) is 0 Å². The van der Waals surface area contributed by atoms with Crippen LogP contribution >= 0.6 is 0 Å². The number of hydrogen-bond donors (Lipinski definition) is 1. The Morgan fingerprint density at radius 1 is 1.44 bits per heavy atom. The lowest BCUT2D eigenvalue weighted by Crippen LogP contribution is -2.29. The van der Waals surface area contributed by atoms with Crippen LogP contribution in [0.5, 0.6) is 0 Å². The third-order valence-corrected chi connectivity index (χ3v) is 2.17. The highest BCUT2D eigenvalue weighted by Crippen LogP contribution is 2.13. The normalized spacial score (nSPS) is 17.4. The van der Waals surface area contributed by atoms with Gasteiger partial charge in [-0.2, -0.15) is 5.48 Å². The van der Waals surface area contributed by atoms with E-state index in [1.54, 1.807) is 6.33 Å². The van der Waals surface area contributed by atoms with Crippen molar-refractivity contribution in [2.24, 2.45) is 0 Å². The summed E-state index contributed by atoms with van der Waals surface area (Å²) in [7, 11) is 0. The van der Waals surface area contributed by atoms with Crippen molar-refractivity contribution in [1.29, 1.82) is 0 Å². The quantitative estimate of drug-likeness (QED) is 0.785. The maximum Gasteiger partial charge on any atom is 0.168 e. The van der Waals surface area contributed by atoms with Gasteiger partial charge < -0.3 is 4.90 Å². The lowest BCUT2D eigenvalue weighted by atomic mass is 10.4. The van der Waals surface area contributed by atoms with Gasteiger partial charge in [0.25, 0.3) is 0 Å². The molecular weight excluding hydrogens is 204 g/mol. The van der Waals surface area contributed by atoms with Gasteiger partial charge in [0.1, 0.15) is 12.1 Å². The van der Waals surface area contributed by atoms with Crippen molar-refractivity contribution in [2.45, 2.75) is 33.9 Å². The summed E-state index contributed by atoms with van der Waals surface area (Å²) < 4.78 is 0. The van der Waals surface area contributed by atoms with Gasteiger partial charge >= 0.3 is 0 Å². The molecule has 5 heteroatoms. The average molecular weight is 224 g/mol. The fourth-order valence-electron chi connectivity index (χ4n) is 1.32. The summed E-state index contributed by atoms with van der Waals surface area (Å²) in [6, 6.07) is 1.98. The molecule has 2 rings (SSSR count). The van der Waals surface area contributed by atoms with Crippen molar-refractivity contribution in [2.75, 3.05) is 18.0 Å². The van der Waals surface area contributed by atoms with E-state index < -0.39 is 0 Å². The summed E-state index contributed by atoms with van der Waals surface area (Å²) in [4.78, 5) is 15.4. The topological polar surface area (TPSA) is 63.5 Å². The van der Waals surface area contributed by atoms with Crippen LogP contribution < -0.4 is 10.4 Å². The molecule has 1 N–H and O–H groups in total. The SMILES string of the molecule is CC.CCN(CC1NO1)c1cc(C)ncn1. The molecule has 0 radical (unpaired) electrons.